The summed E-state index contributed by atoms with van der Waals surface area (Å²) in [6.07, 6.45) is 3.10. The molecular formula is C20H15N3O3. The predicted molar refractivity (Wildman–Crippen MR) is 95.8 cm³/mol. The molecule has 0 bridgehead atoms. The zero-order chi connectivity index (χ0) is 18.4. The van der Waals surface area contributed by atoms with E-state index in [0.29, 0.717) is 27.7 Å². The van der Waals surface area contributed by atoms with Crippen LogP contribution in [0.15, 0.2) is 42.7 Å². The van der Waals surface area contributed by atoms with Gasteiger partial charge in [0, 0.05) is 37.0 Å². The highest BCUT2D eigenvalue weighted by molar-refractivity contribution is 6.27. The van der Waals surface area contributed by atoms with Gasteiger partial charge in [0.15, 0.2) is 0 Å². The van der Waals surface area contributed by atoms with Crippen LogP contribution in [-0.2, 0) is 11.2 Å². The van der Waals surface area contributed by atoms with Gasteiger partial charge in [-0.05, 0) is 12.5 Å². The predicted octanol–water partition coefficient (Wildman–Crippen LogP) is 2.65. The summed E-state index contributed by atoms with van der Waals surface area (Å²) in [7, 11) is 1.45. The van der Waals surface area contributed by atoms with Gasteiger partial charge in [0.2, 0.25) is 0 Å². The monoisotopic (exact) mass is 345 g/mol. The third kappa shape index (κ3) is 2.23. The molecule has 0 aliphatic carbocycles. The van der Waals surface area contributed by atoms with Gasteiger partial charge < -0.3 is 0 Å². The van der Waals surface area contributed by atoms with Crippen molar-refractivity contribution in [2.45, 2.75) is 13.3 Å². The molecule has 0 saturated heterocycles. The van der Waals surface area contributed by atoms with Crippen LogP contribution in [0.2, 0.25) is 0 Å². The minimum Gasteiger partial charge on any atom is -0.300 e. The average Bonchev–Trinajstić information content (AvgIpc) is 2.87. The highest BCUT2D eigenvalue weighted by atomic mass is 16.2. The molecule has 26 heavy (non-hydrogen) atoms. The second-order valence-corrected chi connectivity index (χ2v) is 6.27. The fourth-order valence-corrected chi connectivity index (χ4v) is 3.44. The van der Waals surface area contributed by atoms with Gasteiger partial charge >= 0.3 is 0 Å². The summed E-state index contributed by atoms with van der Waals surface area (Å²) in [5, 5.41) is 0. The number of nitrogens with zero attached hydrogens (tertiary/aromatic N) is 3. The highest BCUT2D eigenvalue weighted by Gasteiger charge is 2.39. The summed E-state index contributed by atoms with van der Waals surface area (Å²) in [6, 6.07) is 9.33. The zero-order valence-corrected chi connectivity index (χ0v) is 14.3. The van der Waals surface area contributed by atoms with E-state index in [2.05, 4.69) is 9.97 Å². The van der Waals surface area contributed by atoms with E-state index in [9.17, 15) is 14.4 Å². The van der Waals surface area contributed by atoms with E-state index in [4.69, 9.17) is 0 Å². The minimum atomic E-state index is -0.411. The number of imide groups is 1. The van der Waals surface area contributed by atoms with Crippen molar-refractivity contribution in [3.8, 4) is 11.1 Å². The quantitative estimate of drug-likeness (QED) is 0.682. The fraction of sp³-hybridized carbons (Fsp3) is 0.150. The summed E-state index contributed by atoms with van der Waals surface area (Å²) in [5.41, 5.74) is 3.39. The van der Waals surface area contributed by atoms with E-state index in [-0.39, 0.29) is 23.7 Å². The summed E-state index contributed by atoms with van der Waals surface area (Å²) in [6.45, 7) is 1.45. The first-order chi connectivity index (χ1) is 12.5. The molecule has 0 spiro atoms. The van der Waals surface area contributed by atoms with E-state index in [1.807, 2.05) is 30.3 Å². The molecule has 1 aliphatic rings. The van der Waals surface area contributed by atoms with Crippen LogP contribution < -0.4 is 0 Å². The molecule has 0 saturated carbocycles. The third-order valence-corrected chi connectivity index (χ3v) is 4.55. The van der Waals surface area contributed by atoms with Gasteiger partial charge in [0.25, 0.3) is 11.8 Å². The van der Waals surface area contributed by atoms with Gasteiger partial charge in [-0.1, -0.05) is 30.3 Å². The molecule has 2 amide bonds. The topological polar surface area (TPSA) is 80.2 Å². The number of rotatable bonds is 3. The molecule has 128 valence electrons. The molecule has 2 heterocycles. The first-order valence-electron chi connectivity index (χ1n) is 8.17. The molecule has 0 N–H and O–H groups in total. The fourth-order valence-electron chi connectivity index (χ4n) is 3.44. The molecule has 6 heteroatoms. The van der Waals surface area contributed by atoms with Crippen molar-refractivity contribution in [2.24, 2.45) is 0 Å². The van der Waals surface area contributed by atoms with Gasteiger partial charge in [-0.25, -0.2) is 0 Å². The van der Waals surface area contributed by atoms with E-state index in [1.54, 1.807) is 6.20 Å². The van der Waals surface area contributed by atoms with Crippen LogP contribution in [0.1, 0.15) is 33.2 Å². The zero-order valence-electron chi connectivity index (χ0n) is 14.3. The van der Waals surface area contributed by atoms with Crippen LogP contribution in [0.3, 0.4) is 0 Å². The van der Waals surface area contributed by atoms with Crippen LogP contribution >= 0.6 is 0 Å². The summed E-state index contributed by atoms with van der Waals surface area (Å²) in [5.74, 6) is -0.909. The molecule has 6 nitrogen and oxygen atoms in total. The normalized spacial score (nSPS) is 13.4. The first-order valence-corrected chi connectivity index (χ1v) is 8.17. The molecule has 3 aromatic rings. The molecule has 0 fully saturated rings. The van der Waals surface area contributed by atoms with Gasteiger partial charge in [-0.3, -0.25) is 29.3 Å². The van der Waals surface area contributed by atoms with E-state index in [0.717, 1.165) is 10.5 Å². The Balaban J connectivity index is 2.21. The lowest BCUT2D eigenvalue weighted by molar-refractivity contribution is -0.116. The Morgan fingerprint density at radius 2 is 1.54 bits per heavy atom. The number of ketones is 1. The van der Waals surface area contributed by atoms with E-state index < -0.39 is 5.91 Å². The molecular weight excluding hydrogens is 330 g/mol. The lowest BCUT2D eigenvalue weighted by atomic mass is 9.89. The minimum absolute atomic E-state index is 0.0272. The number of Topliss-reactive ketones (excluding diaryl/α,β-unsaturated/α-hetero) is 1. The van der Waals surface area contributed by atoms with Crippen molar-refractivity contribution >= 4 is 28.6 Å². The number of amides is 2. The molecule has 0 unspecified atom stereocenters. The Labute approximate surface area is 149 Å². The lowest BCUT2D eigenvalue weighted by Crippen LogP contribution is -2.24. The number of hydrogen-bond donors (Lipinski definition) is 0. The molecule has 2 aromatic carbocycles. The van der Waals surface area contributed by atoms with E-state index in [1.165, 1.54) is 20.2 Å². The Bertz CT molecular complexity index is 1090. The van der Waals surface area contributed by atoms with Crippen LogP contribution in [-0.4, -0.2) is 39.5 Å². The van der Waals surface area contributed by atoms with Crippen LogP contribution in [0.4, 0.5) is 0 Å². The maximum atomic E-state index is 12.9. The Morgan fingerprint density at radius 3 is 2.19 bits per heavy atom. The maximum absolute atomic E-state index is 12.9. The molecule has 0 radical (unpaired) electrons. The molecule has 1 aliphatic heterocycles. The summed E-state index contributed by atoms with van der Waals surface area (Å²) in [4.78, 5) is 47.4. The van der Waals surface area contributed by atoms with Gasteiger partial charge in [-0.2, -0.15) is 0 Å². The van der Waals surface area contributed by atoms with Crippen LogP contribution in [0.5, 0.6) is 0 Å². The average molecular weight is 345 g/mol. The van der Waals surface area contributed by atoms with Gasteiger partial charge in [0.1, 0.15) is 5.78 Å². The number of fused-ring (bicyclic) bond motifs is 2. The number of carbonyl (C=O) groups excluding carboxylic acids is 3. The number of hydrogen-bond acceptors (Lipinski definition) is 5. The Kier molecular flexibility index (Phi) is 3.61. The van der Waals surface area contributed by atoms with Gasteiger partial charge in [-0.15, -0.1) is 0 Å². The number of aromatic nitrogens is 2. The molecule has 0 atom stereocenters. The van der Waals surface area contributed by atoms with Crippen LogP contribution in [0.25, 0.3) is 22.2 Å². The Morgan fingerprint density at radius 1 is 0.923 bits per heavy atom. The van der Waals surface area contributed by atoms with Crippen molar-refractivity contribution in [2.75, 3.05) is 7.05 Å². The van der Waals surface area contributed by atoms with Crippen molar-refractivity contribution in [1.29, 1.82) is 0 Å². The second kappa shape index (κ2) is 5.84. The summed E-state index contributed by atoms with van der Waals surface area (Å²) >= 11 is 0. The van der Waals surface area contributed by atoms with Crippen molar-refractivity contribution in [1.82, 2.24) is 14.9 Å². The lowest BCUT2D eigenvalue weighted by Gasteiger charge is -2.14. The maximum Gasteiger partial charge on any atom is 0.262 e. The number of carbonyl (C=O) groups is 3. The Hall–Kier alpha value is -3.41. The van der Waals surface area contributed by atoms with Crippen molar-refractivity contribution in [3.05, 3.63) is 59.4 Å². The summed E-state index contributed by atoms with van der Waals surface area (Å²) < 4.78 is 0. The smallest absolute Gasteiger partial charge is 0.262 e. The first kappa shape index (κ1) is 16.1. The van der Waals surface area contributed by atoms with Crippen molar-refractivity contribution < 1.29 is 14.4 Å². The molecule has 4 rings (SSSR count). The molecule has 1 aromatic heterocycles. The second-order valence-electron chi connectivity index (χ2n) is 6.27. The van der Waals surface area contributed by atoms with Crippen LogP contribution in [0, 0.1) is 0 Å². The SMILES string of the molecule is CC(=O)Cc1c2c(c(-c3ccccc3)c3nccnc13)C(=O)N(C)C2=O. The standard InChI is InChI=1S/C20H15N3O3/c1-11(24)10-13-15-16(20(26)23(2)19(15)25)14(12-6-4-3-5-7-12)18-17(13)21-8-9-22-18/h3-9H,10H2,1-2H3. The van der Waals surface area contributed by atoms with Crippen molar-refractivity contribution in [3.63, 3.8) is 0 Å². The van der Waals surface area contributed by atoms with E-state index >= 15 is 0 Å². The highest BCUT2D eigenvalue weighted by Crippen LogP contribution is 2.40. The number of benzene rings is 2. The van der Waals surface area contributed by atoms with Gasteiger partial charge in [0.05, 0.1) is 22.2 Å². The third-order valence-electron chi connectivity index (χ3n) is 4.55. The largest absolute Gasteiger partial charge is 0.300 e.